The van der Waals surface area contributed by atoms with Crippen molar-refractivity contribution >= 4 is 35.1 Å². The fraction of sp³-hybridized carbons (Fsp3) is 0.0714. The van der Waals surface area contributed by atoms with Gasteiger partial charge in [-0.2, -0.15) is 0 Å². The van der Waals surface area contributed by atoms with Crippen LogP contribution in [0.25, 0.3) is 0 Å². The molecule has 6 heteroatoms. The van der Waals surface area contributed by atoms with Gasteiger partial charge in [-0.3, -0.25) is 4.79 Å². The molecule has 1 aromatic carbocycles. The predicted molar refractivity (Wildman–Crippen MR) is 77.7 cm³/mol. The number of Topliss-reactive ketones (excluding diaryl/α,β-unsaturated/α-hetero) is 1. The van der Waals surface area contributed by atoms with Crippen molar-refractivity contribution in [3.8, 4) is 0 Å². The van der Waals surface area contributed by atoms with E-state index in [0.717, 1.165) is 11.8 Å². The van der Waals surface area contributed by atoms with Gasteiger partial charge in [0.25, 0.3) is 0 Å². The number of carboxylic acids is 1. The number of carbonyl (C=O) groups is 2. The van der Waals surface area contributed by atoms with E-state index in [1.807, 2.05) is 0 Å². The van der Waals surface area contributed by atoms with E-state index >= 15 is 0 Å². The minimum absolute atomic E-state index is 0.0985. The van der Waals surface area contributed by atoms with Crippen molar-refractivity contribution in [2.75, 3.05) is 5.75 Å². The molecule has 20 heavy (non-hydrogen) atoms. The molecule has 4 nitrogen and oxygen atoms in total. The Bertz CT molecular complexity index is 643. The molecule has 0 fully saturated rings. The first kappa shape index (κ1) is 14.6. The van der Waals surface area contributed by atoms with E-state index in [9.17, 15) is 9.59 Å². The number of benzene rings is 1. The Labute approximate surface area is 124 Å². The van der Waals surface area contributed by atoms with Crippen LogP contribution in [0.5, 0.6) is 0 Å². The van der Waals surface area contributed by atoms with Crippen molar-refractivity contribution in [1.29, 1.82) is 0 Å². The Hall–Kier alpha value is -1.85. The summed E-state index contributed by atoms with van der Waals surface area (Å²) in [5, 5.41) is 9.92. The minimum atomic E-state index is -1.06. The van der Waals surface area contributed by atoms with Crippen LogP contribution in [0.1, 0.15) is 20.7 Å². The van der Waals surface area contributed by atoms with Crippen molar-refractivity contribution < 1.29 is 14.7 Å². The molecule has 1 aromatic heterocycles. The Balaban J connectivity index is 2.07. The van der Waals surface area contributed by atoms with E-state index in [1.54, 1.807) is 30.3 Å². The van der Waals surface area contributed by atoms with Gasteiger partial charge in [-0.05, 0) is 36.4 Å². The molecule has 0 bridgehead atoms. The number of carboxylic acid groups (broad SMARTS) is 1. The molecule has 1 heterocycles. The Morgan fingerprint density at radius 2 is 1.90 bits per heavy atom. The Kier molecular flexibility index (Phi) is 4.76. The van der Waals surface area contributed by atoms with Crippen LogP contribution in [0, 0.1) is 0 Å². The van der Waals surface area contributed by atoms with Crippen molar-refractivity contribution in [2.24, 2.45) is 0 Å². The van der Waals surface area contributed by atoms with Gasteiger partial charge in [0, 0.05) is 16.8 Å². The number of halogens is 1. The average Bonchev–Trinajstić information content (AvgIpc) is 2.45. The van der Waals surface area contributed by atoms with Crippen LogP contribution in [0.3, 0.4) is 0 Å². The molecule has 0 spiro atoms. The summed E-state index contributed by atoms with van der Waals surface area (Å²) in [5.41, 5.74) is 0.635. The number of nitrogens with zero attached hydrogens (tertiary/aromatic N) is 1. The van der Waals surface area contributed by atoms with Gasteiger partial charge in [0.15, 0.2) is 5.78 Å². The summed E-state index contributed by atoms with van der Waals surface area (Å²) >= 11 is 6.86. The molecule has 2 aromatic rings. The maximum Gasteiger partial charge on any atom is 0.338 e. The third-order valence-corrected chi connectivity index (χ3v) is 3.77. The monoisotopic (exact) mass is 307 g/mol. The van der Waals surface area contributed by atoms with Gasteiger partial charge in [-0.1, -0.05) is 23.4 Å². The molecule has 0 radical (unpaired) electrons. The van der Waals surface area contributed by atoms with E-state index in [2.05, 4.69) is 4.98 Å². The zero-order valence-corrected chi connectivity index (χ0v) is 11.8. The van der Waals surface area contributed by atoms with Crippen LogP contribution in [0.4, 0.5) is 0 Å². The second-order valence-corrected chi connectivity index (χ2v) is 5.28. The molecule has 0 atom stereocenters. The lowest BCUT2D eigenvalue weighted by atomic mass is 10.1. The van der Waals surface area contributed by atoms with Gasteiger partial charge in [-0.15, -0.1) is 0 Å². The first-order chi connectivity index (χ1) is 9.58. The molecule has 1 N–H and O–H groups in total. The number of rotatable bonds is 5. The Morgan fingerprint density at radius 1 is 1.20 bits per heavy atom. The molecule has 0 saturated heterocycles. The van der Waals surface area contributed by atoms with Gasteiger partial charge >= 0.3 is 5.97 Å². The Morgan fingerprint density at radius 3 is 2.55 bits per heavy atom. The lowest BCUT2D eigenvalue weighted by Gasteiger charge is -2.04. The van der Waals surface area contributed by atoms with E-state index in [4.69, 9.17) is 16.7 Å². The predicted octanol–water partition coefficient (Wildman–Crippen LogP) is 3.41. The third kappa shape index (κ3) is 3.59. The second kappa shape index (κ2) is 6.54. The molecule has 0 unspecified atom stereocenters. The number of aromatic carboxylic acids is 1. The highest BCUT2D eigenvalue weighted by molar-refractivity contribution is 8.00. The molecule has 102 valence electrons. The molecule has 0 aliphatic heterocycles. The number of pyridine rings is 1. The van der Waals surface area contributed by atoms with E-state index in [0.29, 0.717) is 15.6 Å². The fourth-order valence-corrected chi connectivity index (χ4v) is 2.53. The van der Waals surface area contributed by atoms with Crippen LogP contribution in [-0.2, 0) is 0 Å². The lowest BCUT2D eigenvalue weighted by molar-refractivity contribution is 0.0692. The maximum absolute atomic E-state index is 12.0. The topological polar surface area (TPSA) is 67.3 Å². The number of carbonyl (C=O) groups excluding carboxylic acids is 1. The summed E-state index contributed by atoms with van der Waals surface area (Å²) < 4.78 is 0. The van der Waals surface area contributed by atoms with Crippen LogP contribution in [-0.4, -0.2) is 27.6 Å². The normalized spacial score (nSPS) is 10.2. The average molecular weight is 308 g/mol. The number of aromatic nitrogens is 1. The zero-order valence-electron chi connectivity index (χ0n) is 10.2. The van der Waals surface area contributed by atoms with E-state index in [-0.39, 0.29) is 17.1 Å². The van der Waals surface area contributed by atoms with Gasteiger partial charge in [0.1, 0.15) is 5.03 Å². The summed E-state index contributed by atoms with van der Waals surface area (Å²) in [6, 6.07) is 9.58. The fourth-order valence-electron chi connectivity index (χ4n) is 1.52. The second-order valence-electron chi connectivity index (χ2n) is 3.88. The van der Waals surface area contributed by atoms with Crippen LogP contribution < -0.4 is 0 Å². The molecular weight excluding hydrogens is 298 g/mol. The summed E-state index contributed by atoms with van der Waals surface area (Å²) in [6.45, 7) is 0. The molecule has 0 saturated carbocycles. The van der Waals surface area contributed by atoms with Crippen molar-refractivity contribution in [1.82, 2.24) is 4.98 Å². The van der Waals surface area contributed by atoms with Crippen molar-refractivity contribution in [3.05, 3.63) is 58.7 Å². The van der Waals surface area contributed by atoms with Gasteiger partial charge in [0.2, 0.25) is 0 Å². The summed E-state index contributed by atoms with van der Waals surface area (Å²) in [4.78, 5) is 27.0. The highest BCUT2D eigenvalue weighted by Crippen LogP contribution is 2.21. The third-order valence-electron chi connectivity index (χ3n) is 2.51. The van der Waals surface area contributed by atoms with E-state index in [1.165, 1.54) is 12.3 Å². The molecule has 0 aliphatic carbocycles. The van der Waals surface area contributed by atoms with Crippen molar-refractivity contribution in [3.63, 3.8) is 0 Å². The number of ketones is 1. The van der Waals surface area contributed by atoms with Gasteiger partial charge in [0.05, 0.1) is 11.3 Å². The molecule has 0 amide bonds. The first-order valence-corrected chi connectivity index (χ1v) is 7.04. The van der Waals surface area contributed by atoms with Crippen LogP contribution >= 0.6 is 23.4 Å². The van der Waals surface area contributed by atoms with Gasteiger partial charge in [-0.25, -0.2) is 9.78 Å². The molecular formula is C14H10ClNO3S. The molecule has 2 rings (SSSR count). The standard InChI is InChI=1S/C14H10ClNO3S/c15-10-5-3-9(4-6-10)12(17)8-20-13-11(14(18)19)2-1-7-16-13/h1-7H,8H2,(H,18,19). The lowest BCUT2D eigenvalue weighted by Crippen LogP contribution is -2.05. The largest absolute Gasteiger partial charge is 0.478 e. The number of hydrogen-bond acceptors (Lipinski definition) is 4. The maximum atomic E-state index is 12.0. The zero-order chi connectivity index (χ0) is 14.5. The number of hydrogen-bond donors (Lipinski definition) is 1. The van der Waals surface area contributed by atoms with E-state index < -0.39 is 5.97 Å². The highest BCUT2D eigenvalue weighted by Gasteiger charge is 2.13. The molecule has 0 aliphatic rings. The summed E-state index contributed by atoms with van der Waals surface area (Å²) in [5.74, 6) is -1.04. The number of thioether (sulfide) groups is 1. The quantitative estimate of drug-likeness (QED) is 0.677. The van der Waals surface area contributed by atoms with Crippen molar-refractivity contribution in [2.45, 2.75) is 5.03 Å². The summed E-state index contributed by atoms with van der Waals surface area (Å²) in [6.07, 6.45) is 1.50. The van der Waals surface area contributed by atoms with Gasteiger partial charge < -0.3 is 5.11 Å². The summed E-state index contributed by atoms with van der Waals surface area (Å²) in [7, 11) is 0. The van der Waals surface area contributed by atoms with Crippen LogP contribution in [0.15, 0.2) is 47.6 Å². The first-order valence-electron chi connectivity index (χ1n) is 5.68. The SMILES string of the molecule is O=C(CSc1ncccc1C(=O)O)c1ccc(Cl)cc1. The highest BCUT2D eigenvalue weighted by atomic mass is 35.5. The van der Waals surface area contributed by atoms with Crippen LogP contribution in [0.2, 0.25) is 5.02 Å². The minimum Gasteiger partial charge on any atom is -0.478 e. The smallest absolute Gasteiger partial charge is 0.338 e.